The van der Waals surface area contributed by atoms with Gasteiger partial charge in [0.1, 0.15) is 0 Å². The van der Waals surface area contributed by atoms with Crippen LogP contribution in [-0.4, -0.2) is 6.54 Å². The zero-order chi connectivity index (χ0) is 12.3. The molecule has 0 unspecified atom stereocenters. The van der Waals surface area contributed by atoms with E-state index in [2.05, 4.69) is 52.4 Å². The molecule has 17 heavy (non-hydrogen) atoms. The third-order valence-electron chi connectivity index (χ3n) is 3.57. The summed E-state index contributed by atoms with van der Waals surface area (Å²) in [6, 6.07) is 10.9. The van der Waals surface area contributed by atoms with Gasteiger partial charge in [-0.2, -0.15) is 5.26 Å². The molecule has 0 aromatic heterocycles. The molecule has 1 aliphatic rings. The van der Waals surface area contributed by atoms with Crippen LogP contribution in [0, 0.1) is 16.7 Å². The number of nitrogens with one attached hydrogen (secondary N) is 1. The van der Waals surface area contributed by atoms with Gasteiger partial charge >= 0.3 is 0 Å². The van der Waals surface area contributed by atoms with Crippen LogP contribution in [0.15, 0.2) is 28.7 Å². The quantitative estimate of drug-likeness (QED) is 0.896. The summed E-state index contributed by atoms with van der Waals surface area (Å²) < 4.78 is 1.14. The molecule has 0 radical (unpaired) electrons. The van der Waals surface area contributed by atoms with E-state index in [1.807, 2.05) is 6.07 Å². The summed E-state index contributed by atoms with van der Waals surface area (Å²) in [5, 5.41) is 12.3. The number of nitriles is 1. The predicted octanol–water partition coefficient (Wildman–Crippen LogP) is 3.79. The second kappa shape index (κ2) is 5.20. The molecule has 1 N–H and O–H groups in total. The van der Waals surface area contributed by atoms with Gasteiger partial charge in [-0.25, -0.2) is 0 Å². The standard InChI is InChI=1S/C14H17BrN2/c1-11(12-4-2-3-5-13(12)15)17-10-14(6-7-14)8-9-16/h2-5,11,17H,6-8,10H2,1H3/t11-/m0/s1. The third-order valence-corrected chi connectivity index (χ3v) is 4.29. The Morgan fingerprint density at radius 1 is 1.47 bits per heavy atom. The highest BCUT2D eigenvalue weighted by Crippen LogP contribution is 2.48. The maximum Gasteiger partial charge on any atom is 0.0628 e. The van der Waals surface area contributed by atoms with E-state index in [1.54, 1.807) is 0 Å². The topological polar surface area (TPSA) is 35.8 Å². The molecule has 1 aliphatic carbocycles. The fraction of sp³-hybridized carbons (Fsp3) is 0.500. The summed E-state index contributed by atoms with van der Waals surface area (Å²) in [6.07, 6.45) is 3.06. The summed E-state index contributed by atoms with van der Waals surface area (Å²) in [5.41, 5.74) is 1.55. The van der Waals surface area contributed by atoms with Gasteiger partial charge in [0.2, 0.25) is 0 Å². The zero-order valence-corrected chi connectivity index (χ0v) is 11.6. The van der Waals surface area contributed by atoms with Crippen LogP contribution in [0.5, 0.6) is 0 Å². The first-order chi connectivity index (χ1) is 8.17. The second-order valence-electron chi connectivity index (χ2n) is 4.96. The molecular formula is C14H17BrN2. The fourth-order valence-corrected chi connectivity index (χ4v) is 2.69. The van der Waals surface area contributed by atoms with Gasteiger partial charge in [0, 0.05) is 23.5 Å². The van der Waals surface area contributed by atoms with Crippen LogP contribution in [0.2, 0.25) is 0 Å². The summed E-state index contributed by atoms with van der Waals surface area (Å²) >= 11 is 3.57. The van der Waals surface area contributed by atoms with Crippen molar-refractivity contribution in [3.63, 3.8) is 0 Å². The van der Waals surface area contributed by atoms with Crippen molar-refractivity contribution in [2.45, 2.75) is 32.2 Å². The molecular weight excluding hydrogens is 276 g/mol. The molecule has 1 atom stereocenters. The van der Waals surface area contributed by atoms with Crippen molar-refractivity contribution in [3.05, 3.63) is 34.3 Å². The minimum atomic E-state index is 0.268. The van der Waals surface area contributed by atoms with Crippen molar-refractivity contribution >= 4 is 15.9 Å². The summed E-state index contributed by atoms with van der Waals surface area (Å²) in [6.45, 7) is 3.12. The Hall–Kier alpha value is -0.850. The van der Waals surface area contributed by atoms with Crippen molar-refractivity contribution < 1.29 is 0 Å². The highest BCUT2D eigenvalue weighted by Gasteiger charge is 2.42. The van der Waals surface area contributed by atoms with E-state index in [9.17, 15) is 0 Å². The zero-order valence-electron chi connectivity index (χ0n) is 10.0. The smallest absolute Gasteiger partial charge is 0.0628 e. The van der Waals surface area contributed by atoms with Gasteiger partial charge in [-0.1, -0.05) is 34.1 Å². The summed E-state index contributed by atoms with van der Waals surface area (Å²) in [5.74, 6) is 0. The number of benzene rings is 1. The highest BCUT2D eigenvalue weighted by molar-refractivity contribution is 9.10. The first-order valence-electron chi connectivity index (χ1n) is 6.02. The lowest BCUT2D eigenvalue weighted by Gasteiger charge is -2.19. The Bertz CT molecular complexity index is 432. The van der Waals surface area contributed by atoms with E-state index >= 15 is 0 Å². The van der Waals surface area contributed by atoms with Crippen LogP contribution in [0.4, 0.5) is 0 Å². The minimum Gasteiger partial charge on any atom is -0.310 e. The third kappa shape index (κ3) is 3.08. The predicted molar refractivity (Wildman–Crippen MR) is 72.5 cm³/mol. The van der Waals surface area contributed by atoms with Crippen LogP contribution < -0.4 is 5.32 Å². The maximum absolute atomic E-state index is 8.78. The molecule has 1 aromatic carbocycles. The first-order valence-corrected chi connectivity index (χ1v) is 6.81. The number of hydrogen-bond donors (Lipinski definition) is 1. The van der Waals surface area contributed by atoms with Crippen LogP contribution >= 0.6 is 15.9 Å². The second-order valence-corrected chi connectivity index (χ2v) is 5.81. The summed E-state index contributed by atoms with van der Waals surface area (Å²) in [7, 11) is 0. The molecule has 2 nitrogen and oxygen atoms in total. The molecule has 1 fully saturated rings. The van der Waals surface area contributed by atoms with Crippen LogP contribution in [0.1, 0.15) is 37.8 Å². The number of halogens is 1. The lowest BCUT2D eigenvalue weighted by molar-refractivity contribution is 0.432. The van der Waals surface area contributed by atoms with Crippen molar-refractivity contribution in [1.82, 2.24) is 5.32 Å². The van der Waals surface area contributed by atoms with Crippen molar-refractivity contribution in [2.75, 3.05) is 6.54 Å². The van der Waals surface area contributed by atoms with E-state index in [0.29, 0.717) is 12.5 Å². The molecule has 1 saturated carbocycles. The largest absolute Gasteiger partial charge is 0.310 e. The Kier molecular flexibility index (Phi) is 3.86. The van der Waals surface area contributed by atoms with E-state index in [4.69, 9.17) is 5.26 Å². The van der Waals surface area contributed by atoms with Gasteiger partial charge in [-0.3, -0.25) is 0 Å². The molecule has 0 bridgehead atoms. The normalized spacial score (nSPS) is 18.4. The Morgan fingerprint density at radius 2 is 2.18 bits per heavy atom. The van der Waals surface area contributed by atoms with E-state index in [0.717, 1.165) is 11.0 Å². The number of rotatable bonds is 5. The van der Waals surface area contributed by atoms with Crippen molar-refractivity contribution in [1.29, 1.82) is 5.26 Å². The van der Waals surface area contributed by atoms with Gasteiger partial charge < -0.3 is 5.32 Å². The van der Waals surface area contributed by atoms with Gasteiger partial charge in [0.15, 0.2) is 0 Å². The Balaban J connectivity index is 1.92. The minimum absolute atomic E-state index is 0.268. The first kappa shape index (κ1) is 12.6. The van der Waals surface area contributed by atoms with Crippen molar-refractivity contribution in [2.24, 2.45) is 5.41 Å². The Morgan fingerprint density at radius 3 is 2.76 bits per heavy atom. The molecule has 0 spiro atoms. The van der Waals surface area contributed by atoms with E-state index < -0.39 is 0 Å². The maximum atomic E-state index is 8.78. The van der Waals surface area contributed by atoms with Gasteiger partial charge in [0.05, 0.1) is 6.07 Å². The average Bonchev–Trinajstić information content (AvgIpc) is 3.08. The van der Waals surface area contributed by atoms with Crippen LogP contribution in [0.3, 0.4) is 0 Å². The molecule has 0 saturated heterocycles. The number of hydrogen-bond acceptors (Lipinski definition) is 2. The van der Waals surface area contributed by atoms with Gasteiger partial charge in [-0.05, 0) is 36.8 Å². The van der Waals surface area contributed by atoms with Crippen LogP contribution in [-0.2, 0) is 0 Å². The van der Waals surface area contributed by atoms with Crippen LogP contribution in [0.25, 0.3) is 0 Å². The molecule has 0 aliphatic heterocycles. The molecule has 0 amide bonds. The molecule has 1 aromatic rings. The molecule has 90 valence electrons. The van der Waals surface area contributed by atoms with E-state index in [-0.39, 0.29) is 5.41 Å². The fourth-order valence-electron chi connectivity index (χ4n) is 2.07. The lowest BCUT2D eigenvalue weighted by atomic mass is 10.0. The van der Waals surface area contributed by atoms with Crippen molar-refractivity contribution in [3.8, 4) is 6.07 Å². The SMILES string of the molecule is C[C@H](NCC1(CC#N)CC1)c1ccccc1Br. The molecule has 2 rings (SSSR count). The molecule has 0 heterocycles. The average molecular weight is 293 g/mol. The number of nitrogens with zero attached hydrogens (tertiary/aromatic N) is 1. The highest BCUT2D eigenvalue weighted by atomic mass is 79.9. The molecule has 3 heteroatoms. The summed E-state index contributed by atoms with van der Waals surface area (Å²) in [4.78, 5) is 0. The Labute approximate surface area is 111 Å². The monoisotopic (exact) mass is 292 g/mol. The van der Waals surface area contributed by atoms with Gasteiger partial charge in [0.25, 0.3) is 0 Å². The van der Waals surface area contributed by atoms with E-state index in [1.165, 1.54) is 18.4 Å². The lowest BCUT2D eigenvalue weighted by Crippen LogP contribution is -2.26. The van der Waals surface area contributed by atoms with Gasteiger partial charge in [-0.15, -0.1) is 0 Å².